The van der Waals surface area contributed by atoms with Gasteiger partial charge in [0.15, 0.2) is 0 Å². The number of halogens is 1. The number of nitrogens with two attached hydrogens (primary N) is 1. The second-order valence-corrected chi connectivity index (χ2v) is 7.28. The number of nitrogens with one attached hydrogen (secondary N) is 1. The third kappa shape index (κ3) is 4.30. The molecular formula is C21H25FN4O2. The molecule has 0 radical (unpaired) electrons. The third-order valence-corrected chi connectivity index (χ3v) is 5.17. The predicted molar refractivity (Wildman–Crippen MR) is 106 cm³/mol. The van der Waals surface area contributed by atoms with Gasteiger partial charge in [-0.05, 0) is 54.5 Å². The molecule has 2 atom stereocenters. The quantitative estimate of drug-likeness (QED) is 0.795. The van der Waals surface area contributed by atoms with Gasteiger partial charge in [0.25, 0.3) is 0 Å². The number of hydrogen-bond acceptors (Lipinski definition) is 4. The number of anilines is 2. The molecule has 0 bridgehead atoms. The molecule has 3 rings (SSSR count). The van der Waals surface area contributed by atoms with E-state index in [9.17, 15) is 14.0 Å². The van der Waals surface area contributed by atoms with E-state index in [0.29, 0.717) is 30.4 Å². The van der Waals surface area contributed by atoms with Crippen molar-refractivity contribution in [2.45, 2.75) is 39.2 Å². The van der Waals surface area contributed by atoms with Gasteiger partial charge < -0.3 is 16.0 Å². The van der Waals surface area contributed by atoms with Gasteiger partial charge in [-0.15, -0.1) is 0 Å². The van der Waals surface area contributed by atoms with Crippen LogP contribution in [-0.2, 0) is 16.0 Å². The van der Waals surface area contributed by atoms with Crippen LogP contribution >= 0.6 is 0 Å². The van der Waals surface area contributed by atoms with E-state index in [0.717, 1.165) is 24.0 Å². The lowest BCUT2D eigenvalue weighted by Gasteiger charge is -2.38. The van der Waals surface area contributed by atoms with Crippen LogP contribution < -0.4 is 11.1 Å². The Labute approximate surface area is 163 Å². The van der Waals surface area contributed by atoms with E-state index in [4.69, 9.17) is 5.73 Å². The second-order valence-electron chi connectivity index (χ2n) is 7.28. The molecule has 0 saturated carbocycles. The Morgan fingerprint density at radius 2 is 2.00 bits per heavy atom. The number of nitrogen functional groups attached to an aromatic ring is 1. The predicted octanol–water partition coefficient (Wildman–Crippen LogP) is 3.30. The van der Waals surface area contributed by atoms with Gasteiger partial charge in [-0.25, -0.2) is 9.37 Å². The second kappa shape index (κ2) is 8.37. The summed E-state index contributed by atoms with van der Waals surface area (Å²) in [5.41, 5.74) is 7.86. The summed E-state index contributed by atoms with van der Waals surface area (Å²) in [7, 11) is 0. The molecule has 2 amide bonds. The first kappa shape index (κ1) is 19.8. The van der Waals surface area contributed by atoms with Crippen LogP contribution in [0.4, 0.5) is 15.9 Å². The van der Waals surface area contributed by atoms with E-state index < -0.39 is 11.8 Å². The lowest BCUT2D eigenvalue weighted by Crippen LogP contribution is -2.46. The standard InChI is InChI=1S/C21H25FN4O2/c1-3-14-10-17(11-24-19(14)23)25-20(27)21(28)26-12-13(2)4-9-18(26)15-5-7-16(22)8-6-15/h5-8,10-11,13,18H,3-4,9,12H2,1-2H3,(H2,23,24)(H,25,27)/t13-,18+/m0/s1. The first-order valence-electron chi connectivity index (χ1n) is 9.50. The van der Waals surface area contributed by atoms with Crippen molar-refractivity contribution in [3.05, 3.63) is 53.5 Å². The maximum absolute atomic E-state index is 13.3. The molecule has 1 fully saturated rings. The summed E-state index contributed by atoms with van der Waals surface area (Å²) in [4.78, 5) is 31.2. The molecule has 2 aromatic rings. The average Bonchev–Trinajstić information content (AvgIpc) is 2.69. The van der Waals surface area contributed by atoms with Gasteiger partial charge >= 0.3 is 11.8 Å². The first-order valence-corrected chi connectivity index (χ1v) is 9.50. The van der Waals surface area contributed by atoms with E-state index in [1.54, 1.807) is 23.1 Å². The number of hydrogen-bond donors (Lipinski definition) is 2. The molecule has 7 heteroatoms. The SMILES string of the molecule is CCc1cc(NC(=O)C(=O)N2C[C@@H](C)CC[C@@H]2c2ccc(F)cc2)cnc1N. The van der Waals surface area contributed by atoms with Crippen LogP contribution in [0, 0.1) is 11.7 Å². The van der Waals surface area contributed by atoms with Crippen molar-refractivity contribution in [2.75, 3.05) is 17.6 Å². The lowest BCUT2D eigenvalue weighted by atomic mass is 9.90. The highest BCUT2D eigenvalue weighted by Gasteiger charge is 2.34. The van der Waals surface area contributed by atoms with Gasteiger partial charge in [0.1, 0.15) is 11.6 Å². The van der Waals surface area contributed by atoms with Crippen molar-refractivity contribution >= 4 is 23.3 Å². The summed E-state index contributed by atoms with van der Waals surface area (Å²) in [5, 5.41) is 2.63. The monoisotopic (exact) mass is 384 g/mol. The molecule has 0 spiro atoms. The number of pyridine rings is 1. The topological polar surface area (TPSA) is 88.3 Å². The van der Waals surface area contributed by atoms with Crippen LogP contribution in [0.15, 0.2) is 36.5 Å². The van der Waals surface area contributed by atoms with Gasteiger partial charge in [0.2, 0.25) is 0 Å². The Balaban J connectivity index is 1.79. The number of aromatic nitrogens is 1. The number of likely N-dealkylation sites (tertiary alicyclic amines) is 1. The fourth-order valence-corrected chi connectivity index (χ4v) is 3.60. The summed E-state index contributed by atoms with van der Waals surface area (Å²) in [6.07, 6.45) is 3.78. The molecule has 0 aliphatic carbocycles. The maximum Gasteiger partial charge on any atom is 0.313 e. The number of amides is 2. The van der Waals surface area contributed by atoms with Gasteiger partial charge in [-0.2, -0.15) is 0 Å². The summed E-state index contributed by atoms with van der Waals surface area (Å²) < 4.78 is 13.3. The van der Waals surface area contributed by atoms with E-state index in [-0.39, 0.29) is 11.9 Å². The number of nitrogens with zero attached hydrogens (tertiary/aromatic N) is 2. The zero-order valence-electron chi connectivity index (χ0n) is 16.1. The molecule has 1 saturated heterocycles. The Hall–Kier alpha value is -2.96. The summed E-state index contributed by atoms with van der Waals surface area (Å²) in [6, 6.07) is 7.58. The molecule has 28 heavy (non-hydrogen) atoms. The smallest absolute Gasteiger partial charge is 0.313 e. The fourth-order valence-electron chi connectivity index (χ4n) is 3.60. The zero-order chi connectivity index (χ0) is 20.3. The fraction of sp³-hybridized carbons (Fsp3) is 0.381. The number of aryl methyl sites for hydroxylation is 1. The Kier molecular flexibility index (Phi) is 5.92. The van der Waals surface area contributed by atoms with Crippen LogP contribution in [0.5, 0.6) is 0 Å². The van der Waals surface area contributed by atoms with Crippen LogP contribution in [-0.4, -0.2) is 28.2 Å². The van der Waals surface area contributed by atoms with Crippen molar-refractivity contribution in [1.82, 2.24) is 9.88 Å². The minimum absolute atomic E-state index is 0.245. The molecular weight excluding hydrogens is 359 g/mol. The number of piperidine rings is 1. The number of carbonyl (C=O) groups excluding carboxylic acids is 2. The highest BCUT2D eigenvalue weighted by molar-refractivity contribution is 6.39. The van der Waals surface area contributed by atoms with Gasteiger partial charge in [-0.1, -0.05) is 26.0 Å². The normalized spacial score (nSPS) is 19.3. The van der Waals surface area contributed by atoms with Gasteiger partial charge in [0.05, 0.1) is 17.9 Å². The van der Waals surface area contributed by atoms with Crippen molar-refractivity contribution in [2.24, 2.45) is 5.92 Å². The Morgan fingerprint density at radius 3 is 2.68 bits per heavy atom. The molecule has 1 aliphatic rings. The highest BCUT2D eigenvalue weighted by atomic mass is 19.1. The number of rotatable bonds is 3. The molecule has 6 nitrogen and oxygen atoms in total. The number of benzene rings is 1. The van der Waals surface area contributed by atoms with Crippen molar-refractivity contribution in [3.8, 4) is 0 Å². The van der Waals surface area contributed by atoms with E-state index in [1.165, 1.54) is 18.3 Å². The molecule has 3 N–H and O–H groups in total. The molecule has 1 aromatic heterocycles. The van der Waals surface area contributed by atoms with Crippen LogP contribution in [0.2, 0.25) is 0 Å². The van der Waals surface area contributed by atoms with Crippen LogP contribution in [0.3, 0.4) is 0 Å². The average molecular weight is 384 g/mol. The minimum atomic E-state index is -0.713. The zero-order valence-corrected chi connectivity index (χ0v) is 16.1. The Bertz CT molecular complexity index is 869. The van der Waals surface area contributed by atoms with Crippen LogP contribution in [0.25, 0.3) is 0 Å². The lowest BCUT2D eigenvalue weighted by molar-refractivity contribution is -0.146. The van der Waals surface area contributed by atoms with Crippen molar-refractivity contribution < 1.29 is 14.0 Å². The van der Waals surface area contributed by atoms with Crippen LogP contribution in [0.1, 0.15) is 43.9 Å². The summed E-state index contributed by atoms with van der Waals surface area (Å²) in [6.45, 7) is 4.47. The van der Waals surface area contributed by atoms with E-state index in [2.05, 4.69) is 17.2 Å². The van der Waals surface area contributed by atoms with E-state index >= 15 is 0 Å². The number of carbonyl (C=O) groups is 2. The van der Waals surface area contributed by atoms with Crippen molar-refractivity contribution in [3.63, 3.8) is 0 Å². The van der Waals surface area contributed by atoms with Gasteiger partial charge in [-0.3, -0.25) is 9.59 Å². The summed E-state index contributed by atoms with van der Waals surface area (Å²) in [5.74, 6) is -0.942. The largest absolute Gasteiger partial charge is 0.383 e. The third-order valence-electron chi connectivity index (χ3n) is 5.17. The molecule has 1 aromatic carbocycles. The summed E-state index contributed by atoms with van der Waals surface area (Å²) >= 11 is 0. The maximum atomic E-state index is 13.3. The Morgan fingerprint density at radius 1 is 1.29 bits per heavy atom. The molecule has 2 heterocycles. The molecule has 0 unspecified atom stereocenters. The molecule has 148 valence electrons. The molecule has 1 aliphatic heterocycles. The highest BCUT2D eigenvalue weighted by Crippen LogP contribution is 2.33. The van der Waals surface area contributed by atoms with Crippen molar-refractivity contribution in [1.29, 1.82) is 0 Å². The minimum Gasteiger partial charge on any atom is -0.383 e. The van der Waals surface area contributed by atoms with Gasteiger partial charge in [0, 0.05) is 6.54 Å². The van der Waals surface area contributed by atoms with E-state index in [1.807, 2.05) is 6.92 Å². The first-order chi connectivity index (χ1) is 13.4.